The topological polar surface area (TPSA) is 149 Å². The Kier molecular flexibility index (Phi) is 10.4. The first-order valence-corrected chi connectivity index (χ1v) is 18.6. The van der Waals surface area contributed by atoms with Crippen molar-refractivity contribution in [3.05, 3.63) is 48.7 Å². The zero-order valence-corrected chi connectivity index (χ0v) is 30.2. The van der Waals surface area contributed by atoms with Crippen molar-refractivity contribution in [1.82, 2.24) is 14.6 Å². The SMILES string of the molecule is C=C[C@@H]1C[C@]1(CC(=O)[C@@H]1C[C@@H](Oc2nccc3cc(C)ccc23)CN1C(=O)[C@@H](CC(=O)CC(C)(C)C)[C@H](C)OC)C(=O)NS(=O)(=O)C1CC1. The number of hydrogen-bond donors (Lipinski definition) is 1. The number of allylic oxidation sites excluding steroid dienone is 1. The summed E-state index contributed by atoms with van der Waals surface area (Å²) >= 11 is 0. The molecule has 12 heteroatoms. The number of rotatable bonds is 15. The molecule has 2 heterocycles. The summed E-state index contributed by atoms with van der Waals surface area (Å²) in [5.41, 5.74) is -0.469. The third-order valence-electron chi connectivity index (χ3n) is 10.1. The molecule has 1 saturated heterocycles. The molecule has 1 aliphatic heterocycles. The van der Waals surface area contributed by atoms with Crippen molar-refractivity contribution in [2.75, 3.05) is 13.7 Å². The summed E-state index contributed by atoms with van der Waals surface area (Å²) in [5, 5.41) is 1.13. The average molecular weight is 696 g/mol. The van der Waals surface area contributed by atoms with Gasteiger partial charge in [0.1, 0.15) is 11.9 Å². The van der Waals surface area contributed by atoms with Gasteiger partial charge in [-0.05, 0) is 62.0 Å². The molecule has 5 rings (SSSR count). The number of amides is 2. The van der Waals surface area contributed by atoms with Crippen LogP contribution in [-0.2, 0) is 33.9 Å². The van der Waals surface area contributed by atoms with Crippen molar-refractivity contribution < 1.29 is 37.1 Å². The molecule has 6 atom stereocenters. The van der Waals surface area contributed by atoms with Gasteiger partial charge in [0.25, 0.3) is 0 Å². The van der Waals surface area contributed by atoms with E-state index >= 15 is 0 Å². The van der Waals surface area contributed by atoms with Crippen LogP contribution in [-0.4, -0.2) is 78.8 Å². The second-order valence-electron chi connectivity index (χ2n) is 15.4. The largest absolute Gasteiger partial charge is 0.472 e. The fourth-order valence-electron chi connectivity index (χ4n) is 7.00. The van der Waals surface area contributed by atoms with Gasteiger partial charge in [0.2, 0.25) is 27.7 Å². The lowest BCUT2D eigenvalue weighted by Crippen LogP contribution is -2.48. The first-order chi connectivity index (χ1) is 23.0. The molecular formula is C37H49N3O8S. The van der Waals surface area contributed by atoms with Crippen molar-refractivity contribution in [3.8, 4) is 5.88 Å². The molecule has 49 heavy (non-hydrogen) atoms. The number of fused-ring (bicyclic) bond motifs is 1. The molecule has 11 nitrogen and oxygen atoms in total. The van der Waals surface area contributed by atoms with Crippen LogP contribution in [0.4, 0.5) is 0 Å². The molecule has 2 saturated carbocycles. The van der Waals surface area contributed by atoms with E-state index in [1.54, 1.807) is 19.2 Å². The van der Waals surface area contributed by atoms with Crippen molar-refractivity contribution in [1.29, 1.82) is 0 Å². The summed E-state index contributed by atoms with van der Waals surface area (Å²) in [6.07, 6.45) is 3.34. The Labute approximate surface area is 289 Å². The van der Waals surface area contributed by atoms with E-state index < -0.39 is 56.7 Å². The van der Waals surface area contributed by atoms with Gasteiger partial charge < -0.3 is 14.4 Å². The molecule has 266 valence electrons. The standard InChI is InChI=1S/C37H49N3O8S/c1-8-25-18-37(25,35(44)39-49(45,46)28-10-11-28)20-32(42)31-17-27(48-33-29-12-9-22(2)15-24(29)13-14-38-33)21-40(31)34(43)30(23(3)47-7)16-26(41)19-36(4,5)6/h8-9,12-15,23,25,27-28,30-31H,1,10-11,16-21H2,2-7H3,(H,39,44)/t23-,25+,27+,30-,31-,37+/m0/s1. The van der Waals surface area contributed by atoms with Gasteiger partial charge in [-0.2, -0.15) is 0 Å². The Bertz CT molecular complexity index is 1750. The molecule has 2 amide bonds. The van der Waals surface area contributed by atoms with Crippen LogP contribution >= 0.6 is 0 Å². The van der Waals surface area contributed by atoms with Gasteiger partial charge in [-0.15, -0.1) is 6.58 Å². The Balaban J connectivity index is 1.43. The molecule has 2 aromatic rings. The number of nitrogens with zero attached hydrogens (tertiary/aromatic N) is 2. The van der Waals surface area contributed by atoms with Crippen LogP contribution in [0.25, 0.3) is 10.8 Å². The molecule has 0 spiro atoms. The molecular weight excluding hydrogens is 646 g/mol. The molecule has 0 bridgehead atoms. The average Bonchev–Trinajstić information content (AvgIpc) is 3.95. The van der Waals surface area contributed by atoms with Crippen LogP contribution < -0.4 is 9.46 Å². The molecule has 1 aromatic carbocycles. The molecule has 3 fully saturated rings. The van der Waals surface area contributed by atoms with Crippen LogP contribution in [0.3, 0.4) is 0 Å². The van der Waals surface area contributed by atoms with Crippen molar-refractivity contribution in [2.45, 2.75) is 103 Å². The number of benzene rings is 1. The lowest BCUT2D eigenvalue weighted by molar-refractivity contribution is -0.147. The Morgan fingerprint density at radius 2 is 1.90 bits per heavy atom. The van der Waals surface area contributed by atoms with E-state index in [2.05, 4.69) is 16.3 Å². The maximum absolute atomic E-state index is 14.4. The number of aromatic nitrogens is 1. The minimum Gasteiger partial charge on any atom is -0.472 e. The maximum Gasteiger partial charge on any atom is 0.240 e. The normalized spacial score (nSPS) is 25.0. The molecule has 2 aliphatic carbocycles. The number of ketones is 2. The van der Waals surface area contributed by atoms with Crippen LogP contribution in [0.15, 0.2) is 43.1 Å². The second kappa shape index (κ2) is 13.9. The highest BCUT2D eigenvalue weighted by Crippen LogP contribution is 2.57. The van der Waals surface area contributed by atoms with E-state index in [0.717, 1.165) is 16.3 Å². The number of Topliss-reactive ketones (excluding diaryl/α,β-unsaturated/α-hetero) is 2. The highest BCUT2D eigenvalue weighted by molar-refractivity contribution is 7.90. The smallest absolute Gasteiger partial charge is 0.240 e. The van der Waals surface area contributed by atoms with Crippen LogP contribution in [0.2, 0.25) is 0 Å². The number of pyridine rings is 1. The first-order valence-electron chi connectivity index (χ1n) is 17.1. The Morgan fingerprint density at radius 3 is 2.51 bits per heavy atom. The van der Waals surface area contributed by atoms with E-state index in [1.807, 2.05) is 52.0 Å². The number of aryl methyl sites for hydroxylation is 1. The molecule has 1 aromatic heterocycles. The molecule has 0 radical (unpaired) electrons. The van der Waals surface area contributed by atoms with Gasteiger partial charge in [0.05, 0.1) is 35.3 Å². The third-order valence-corrected chi connectivity index (χ3v) is 11.9. The number of methoxy groups -OCH3 is 1. The fraction of sp³-hybridized carbons (Fsp3) is 0.595. The highest BCUT2D eigenvalue weighted by Gasteiger charge is 2.61. The van der Waals surface area contributed by atoms with Gasteiger partial charge in [-0.25, -0.2) is 13.4 Å². The van der Waals surface area contributed by atoms with Crippen LogP contribution in [0, 0.1) is 29.6 Å². The quantitative estimate of drug-likeness (QED) is 0.262. The first kappa shape index (κ1) is 36.6. The van der Waals surface area contributed by atoms with E-state index in [-0.39, 0.29) is 61.5 Å². The Morgan fingerprint density at radius 1 is 1.18 bits per heavy atom. The number of likely N-dealkylation sites (tertiary alicyclic amines) is 1. The van der Waals surface area contributed by atoms with Crippen LogP contribution in [0.1, 0.15) is 78.2 Å². The lowest BCUT2D eigenvalue weighted by atomic mass is 9.85. The number of sulfonamides is 1. The minimum atomic E-state index is -3.84. The zero-order chi connectivity index (χ0) is 35.9. The number of ether oxygens (including phenoxy) is 2. The molecule has 1 N–H and O–H groups in total. The number of carbonyl (C=O) groups is 4. The zero-order valence-electron chi connectivity index (χ0n) is 29.4. The van der Waals surface area contributed by atoms with Gasteiger partial charge in [0.15, 0.2) is 5.78 Å². The maximum atomic E-state index is 14.4. The van der Waals surface area contributed by atoms with E-state index in [1.165, 1.54) is 12.0 Å². The van der Waals surface area contributed by atoms with Crippen molar-refractivity contribution in [2.24, 2.45) is 22.7 Å². The highest BCUT2D eigenvalue weighted by atomic mass is 32.2. The van der Waals surface area contributed by atoms with Gasteiger partial charge >= 0.3 is 0 Å². The predicted octanol–water partition coefficient (Wildman–Crippen LogP) is 4.70. The predicted molar refractivity (Wildman–Crippen MR) is 185 cm³/mol. The summed E-state index contributed by atoms with van der Waals surface area (Å²) in [6, 6.07) is 6.81. The summed E-state index contributed by atoms with van der Waals surface area (Å²) in [6.45, 7) is 13.5. The second-order valence-corrected chi connectivity index (χ2v) is 17.3. The third kappa shape index (κ3) is 8.23. The lowest BCUT2D eigenvalue weighted by Gasteiger charge is -2.31. The fourth-order valence-corrected chi connectivity index (χ4v) is 8.39. The van der Waals surface area contributed by atoms with Crippen molar-refractivity contribution in [3.63, 3.8) is 0 Å². The molecule has 3 aliphatic rings. The monoisotopic (exact) mass is 695 g/mol. The Hall–Kier alpha value is -3.64. The van der Waals surface area contributed by atoms with E-state index in [9.17, 15) is 27.6 Å². The number of nitrogens with one attached hydrogen (secondary N) is 1. The van der Waals surface area contributed by atoms with E-state index in [4.69, 9.17) is 9.47 Å². The van der Waals surface area contributed by atoms with E-state index in [0.29, 0.717) is 18.7 Å². The molecule has 0 unspecified atom stereocenters. The van der Waals surface area contributed by atoms with Gasteiger partial charge in [0, 0.05) is 44.4 Å². The summed E-state index contributed by atoms with van der Waals surface area (Å²) in [5.74, 6) is -2.45. The summed E-state index contributed by atoms with van der Waals surface area (Å²) < 4.78 is 39.5. The van der Waals surface area contributed by atoms with Crippen LogP contribution in [0.5, 0.6) is 5.88 Å². The van der Waals surface area contributed by atoms with Crippen molar-refractivity contribution >= 4 is 44.2 Å². The van der Waals surface area contributed by atoms with Gasteiger partial charge in [-0.3, -0.25) is 23.9 Å². The number of hydrogen-bond acceptors (Lipinski definition) is 9. The van der Waals surface area contributed by atoms with Gasteiger partial charge in [-0.1, -0.05) is 44.5 Å². The number of carbonyl (C=O) groups excluding carboxylic acids is 4. The summed E-state index contributed by atoms with van der Waals surface area (Å²) in [4.78, 5) is 61.3. The minimum absolute atomic E-state index is 0.0534. The summed E-state index contributed by atoms with van der Waals surface area (Å²) in [7, 11) is -2.36.